The van der Waals surface area contributed by atoms with Crippen LogP contribution >= 0.6 is 0 Å². The van der Waals surface area contributed by atoms with E-state index in [1.165, 1.54) is 25.7 Å². The molecular weight excluding hydrogens is 176 g/mol. The summed E-state index contributed by atoms with van der Waals surface area (Å²) in [6.45, 7) is 8.67. The van der Waals surface area contributed by atoms with Crippen LogP contribution in [0, 0.1) is 0 Å². The Labute approximate surface area is 89.7 Å². The molecule has 0 aromatic carbocycles. The summed E-state index contributed by atoms with van der Waals surface area (Å²) in [6.07, 6.45) is 6.95. The van der Waals surface area contributed by atoms with Crippen LogP contribution in [0.1, 0.15) is 59.3 Å². The van der Waals surface area contributed by atoms with E-state index in [1.54, 1.807) is 0 Å². The van der Waals surface area contributed by atoms with Gasteiger partial charge in [0, 0.05) is 19.8 Å². The van der Waals surface area contributed by atoms with E-state index in [9.17, 15) is 0 Å². The smallest absolute Gasteiger partial charge is 0.0465 e. The second-order valence-electron chi connectivity index (χ2n) is 3.40. The van der Waals surface area contributed by atoms with Gasteiger partial charge < -0.3 is 9.84 Å². The Morgan fingerprint density at radius 1 is 0.786 bits per heavy atom. The number of hydrogen-bond donors (Lipinski definition) is 1. The fraction of sp³-hybridized carbons (Fsp3) is 1.00. The molecule has 2 nitrogen and oxygen atoms in total. The van der Waals surface area contributed by atoms with Gasteiger partial charge in [0.05, 0.1) is 0 Å². The zero-order valence-electron chi connectivity index (χ0n) is 10.2. The summed E-state index contributed by atoms with van der Waals surface area (Å²) in [5, 5.41) is 8.07. The first kappa shape index (κ1) is 16.4. The van der Waals surface area contributed by atoms with Gasteiger partial charge in [-0.3, -0.25) is 0 Å². The molecule has 0 bridgehead atoms. The Bertz CT molecular complexity index is 66.7. The molecule has 0 fully saturated rings. The molecule has 0 saturated carbocycles. The van der Waals surface area contributed by atoms with Crippen molar-refractivity contribution in [3.05, 3.63) is 0 Å². The molecular formula is C12H28O2. The Balaban J connectivity index is 0. The minimum atomic E-state index is 0.344. The molecule has 0 amide bonds. The molecule has 2 heteroatoms. The molecule has 0 saturated heterocycles. The van der Waals surface area contributed by atoms with Crippen LogP contribution in [0.15, 0.2) is 0 Å². The Morgan fingerprint density at radius 2 is 1.21 bits per heavy atom. The topological polar surface area (TPSA) is 29.5 Å². The molecule has 0 spiro atoms. The van der Waals surface area contributed by atoms with E-state index in [-0.39, 0.29) is 0 Å². The lowest BCUT2D eigenvalue weighted by Crippen LogP contribution is -1.95. The van der Waals surface area contributed by atoms with Crippen molar-refractivity contribution >= 4 is 0 Å². The van der Waals surface area contributed by atoms with Gasteiger partial charge in [0.1, 0.15) is 0 Å². The normalized spacial score (nSPS) is 9.43. The van der Waals surface area contributed by atoms with E-state index in [0.717, 1.165) is 26.1 Å². The number of aliphatic hydroxyl groups excluding tert-OH is 1. The lowest BCUT2D eigenvalue weighted by atomic mass is 10.3. The molecule has 1 N–H and O–H groups in total. The maximum atomic E-state index is 8.07. The third kappa shape index (κ3) is 22.7. The first-order chi connectivity index (χ1) is 6.83. The molecule has 0 aliphatic rings. The maximum absolute atomic E-state index is 8.07. The molecule has 0 aliphatic carbocycles. The SMILES string of the molecule is CCCCO.CCCCOCCCC. The summed E-state index contributed by atoms with van der Waals surface area (Å²) in [5.41, 5.74) is 0. The van der Waals surface area contributed by atoms with Crippen molar-refractivity contribution in [1.29, 1.82) is 0 Å². The van der Waals surface area contributed by atoms with Gasteiger partial charge in [-0.25, -0.2) is 0 Å². The largest absolute Gasteiger partial charge is 0.396 e. The summed E-state index contributed by atoms with van der Waals surface area (Å²) in [4.78, 5) is 0. The Morgan fingerprint density at radius 3 is 1.43 bits per heavy atom. The monoisotopic (exact) mass is 204 g/mol. The van der Waals surface area contributed by atoms with E-state index >= 15 is 0 Å². The fourth-order valence-electron chi connectivity index (χ4n) is 0.753. The molecule has 0 heterocycles. The van der Waals surface area contributed by atoms with Gasteiger partial charge in [-0.1, -0.05) is 40.0 Å². The number of ether oxygens (including phenoxy) is 1. The number of aliphatic hydroxyl groups is 1. The minimum Gasteiger partial charge on any atom is -0.396 e. The molecule has 0 atom stereocenters. The standard InChI is InChI=1S/C8H18O.C4H10O/c1-3-5-7-9-8-6-4-2;1-2-3-4-5/h3-8H2,1-2H3;5H,2-4H2,1H3. The predicted molar refractivity (Wildman–Crippen MR) is 62.6 cm³/mol. The second-order valence-corrected chi connectivity index (χ2v) is 3.40. The van der Waals surface area contributed by atoms with Crippen molar-refractivity contribution in [2.24, 2.45) is 0 Å². The zero-order chi connectivity index (χ0) is 11.1. The van der Waals surface area contributed by atoms with Crippen molar-refractivity contribution in [3.63, 3.8) is 0 Å². The van der Waals surface area contributed by atoms with E-state index < -0.39 is 0 Å². The predicted octanol–water partition coefficient (Wildman–Crippen LogP) is 3.38. The molecule has 0 aliphatic heterocycles. The van der Waals surface area contributed by atoms with Crippen LogP contribution in [-0.4, -0.2) is 24.9 Å². The molecule has 14 heavy (non-hydrogen) atoms. The minimum absolute atomic E-state index is 0.344. The third-order valence-electron chi connectivity index (χ3n) is 1.80. The lowest BCUT2D eigenvalue weighted by molar-refractivity contribution is 0.128. The van der Waals surface area contributed by atoms with Crippen molar-refractivity contribution in [1.82, 2.24) is 0 Å². The van der Waals surface area contributed by atoms with E-state index in [4.69, 9.17) is 9.84 Å². The van der Waals surface area contributed by atoms with Crippen LogP contribution in [0.4, 0.5) is 0 Å². The summed E-state index contributed by atoms with van der Waals surface area (Å²) in [6, 6.07) is 0. The second kappa shape index (κ2) is 18.7. The highest BCUT2D eigenvalue weighted by molar-refractivity contribution is 4.33. The first-order valence-electron chi connectivity index (χ1n) is 6.01. The van der Waals surface area contributed by atoms with Crippen LogP contribution in [0.2, 0.25) is 0 Å². The molecule has 0 aromatic heterocycles. The highest BCUT2D eigenvalue weighted by Crippen LogP contribution is 1.91. The summed E-state index contributed by atoms with van der Waals surface area (Å²) >= 11 is 0. The Kier molecular flexibility index (Phi) is 21.8. The van der Waals surface area contributed by atoms with E-state index in [2.05, 4.69) is 20.8 Å². The average Bonchev–Trinajstić information content (AvgIpc) is 2.20. The van der Waals surface area contributed by atoms with Gasteiger partial charge in [-0.05, 0) is 19.3 Å². The highest BCUT2D eigenvalue weighted by Gasteiger charge is 1.84. The van der Waals surface area contributed by atoms with Crippen molar-refractivity contribution in [2.45, 2.75) is 59.3 Å². The van der Waals surface area contributed by atoms with Crippen molar-refractivity contribution in [2.75, 3.05) is 19.8 Å². The molecule has 88 valence electrons. The quantitative estimate of drug-likeness (QED) is 0.614. The van der Waals surface area contributed by atoms with E-state index in [1.807, 2.05) is 0 Å². The maximum Gasteiger partial charge on any atom is 0.0465 e. The van der Waals surface area contributed by atoms with Gasteiger partial charge in [-0.15, -0.1) is 0 Å². The van der Waals surface area contributed by atoms with Crippen molar-refractivity contribution < 1.29 is 9.84 Å². The van der Waals surface area contributed by atoms with Crippen LogP contribution in [0.3, 0.4) is 0 Å². The molecule has 0 aromatic rings. The summed E-state index contributed by atoms with van der Waals surface area (Å²) < 4.78 is 5.31. The van der Waals surface area contributed by atoms with Gasteiger partial charge in [-0.2, -0.15) is 0 Å². The first-order valence-corrected chi connectivity index (χ1v) is 6.01. The number of hydrogen-bond acceptors (Lipinski definition) is 2. The van der Waals surface area contributed by atoms with E-state index in [0.29, 0.717) is 6.61 Å². The highest BCUT2D eigenvalue weighted by atomic mass is 16.5. The Hall–Kier alpha value is -0.0800. The molecule has 0 rings (SSSR count). The lowest BCUT2D eigenvalue weighted by Gasteiger charge is -1.99. The molecule has 0 radical (unpaired) electrons. The van der Waals surface area contributed by atoms with Crippen LogP contribution < -0.4 is 0 Å². The molecule has 0 unspecified atom stereocenters. The number of rotatable bonds is 8. The summed E-state index contributed by atoms with van der Waals surface area (Å²) in [5.74, 6) is 0. The number of unbranched alkanes of at least 4 members (excludes halogenated alkanes) is 3. The summed E-state index contributed by atoms with van der Waals surface area (Å²) in [7, 11) is 0. The third-order valence-corrected chi connectivity index (χ3v) is 1.80. The fourth-order valence-corrected chi connectivity index (χ4v) is 0.753. The van der Waals surface area contributed by atoms with Crippen molar-refractivity contribution in [3.8, 4) is 0 Å². The van der Waals surface area contributed by atoms with Gasteiger partial charge in [0.25, 0.3) is 0 Å². The van der Waals surface area contributed by atoms with Gasteiger partial charge in [0.2, 0.25) is 0 Å². The van der Waals surface area contributed by atoms with Crippen LogP contribution in [-0.2, 0) is 4.74 Å². The average molecular weight is 204 g/mol. The van der Waals surface area contributed by atoms with Crippen LogP contribution in [0.25, 0.3) is 0 Å². The van der Waals surface area contributed by atoms with Gasteiger partial charge >= 0.3 is 0 Å². The zero-order valence-corrected chi connectivity index (χ0v) is 10.2. The van der Waals surface area contributed by atoms with Crippen LogP contribution in [0.5, 0.6) is 0 Å². The van der Waals surface area contributed by atoms with Gasteiger partial charge in [0.15, 0.2) is 0 Å².